The average molecular weight is 294 g/mol. The molecule has 1 unspecified atom stereocenters. The third kappa shape index (κ3) is 6.13. The van der Waals surface area contributed by atoms with Crippen molar-refractivity contribution >= 4 is 22.9 Å². The van der Waals surface area contributed by atoms with Crippen LogP contribution in [-0.2, 0) is 14.2 Å². The van der Waals surface area contributed by atoms with E-state index < -0.39 is 0 Å². The molecule has 0 bridgehead atoms. The summed E-state index contributed by atoms with van der Waals surface area (Å²) in [5, 5.41) is 0. The van der Waals surface area contributed by atoms with Gasteiger partial charge in [-0.15, -0.1) is 11.3 Å². The molecule has 0 aliphatic heterocycles. The van der Waals surface area contributed by atoms with E-state index in [1.165, 1.54) is 11.3 Å². The fourth-order valence-corrected chi connectivity index (χ4v) is 2.55. The van der Waals surface area contributed by atoms with E-state index in [-0.39, 0.29) is 6.10 Å². The van der Waals surface area contributed by atoms with Crippen LogP contribution in [0, 0.1) is 0 Å². The molecule has 1 heterocycles. The molecule has 0 spiro atoms. The molecule has 0 saturated heterocycles. The van der Waals surface area contributed by atoms with Crippen molar-refractivity contribution in [2.24, 2.45) is 5.73 Å². The smallest absolute Gasteiger partial charge is 0.104 e. The van der Waals surface area contributed by atoms with Gasteiger partial charge in [-0.2, -0.15) is 0 Å². The first-order valence-electron chi connectivity index (χ1n) is 5.91. The molecule has 2 N–H and O–H groups in total. The van der Waals surface area contributed by atoms with E-state index >= 15 is 0 Å². The Hall–Kier alpha value is -0.170. The lowest BCUT2D eigenvalue weighted by atomic mass is 10.3. The van der Waals surface area contributed by atoms with E-state index in [4.69, 9.17) is 31.5 Å². The van der Waals surface area contributed by atoms with Crippen molar-refractivity contribution in [2.45, 2.75) is 12.5 Å². The van der Waals surface area contributed by atoms with Crippen molar-refractivity contribution in [1.82, 2.24) is 0 Å². The monoisotopic (exact) mass is 293 g/mol. The number of thiophene rings is 1. The van der Waals surface area contributed by atoms with Crippen LogP contribution in [0.3, 0.4) is 0 Å². The second-order valence-electron chi connectivity index (χ2n) is 3.70. The van der Waals surface area contributed by atoms with Gasteiger partial charge in [0.1, 0.15) is 6.10 Å². The minimum atomic E-state index is -0.0925. The molecule has 1 aromatic heterocycles. The zero-order valence-electron chi connectivity index (χ0n) is 10.6. The molecule has 0 amide bonds. The Morgan fingerprint density at radius 1 is 1.28 bits per heavy atom. The van der Waals surface area contributed by atoms with Gasteiger partial charge in [0.15, 0.2) is 0 Å². The van der Waals surface area contributed by atoms with Crippen LogP contribution in [0.5, 0.6) is 0 Å². The molecule has 4 nitrogen and oxygen atoms in total. The second kappa shape index (κ2) is 9.72. The normalized spacial score (nSPS) is 12.8. The fraction of sp³-hybridized carbons (Fsp3) is 0.667. The highest BCUT2D eigenvalue weighted by Gasteiger charge is 2.12. The standard InChI is InChI=1S/C12H20ClNO3S/c1-15-5-2-6-16-7-8-17-10(9-14)11-3-4-12(13)18-11/h3-4,10H,2,5-9,14H2,1H3. The number of ether oxygens (including phenoxy) is 3. The molecule has 104 valence electrons. The van der Waals surface area contributed by atoms with Crippen molar-refractivity contribution in [3.63, 3.8) is 0 Å². The summed E-state index contributed by atoms with van der Waals surface area (Å²) in [6, 6.07) is 3.80. The van der Waals surface area contributed by atoms with Crippen LogP contribution in [0.25, 0.3) is 0 Å². The largest absolute Gasteiger partial charge is 0.385 e. The number of hydrogen-bond acceptors (Lipinski definition) is 5. The van der Waals surface area contributed by atoms with Crippen molar-refractivity contribution in [1.29, 1.82) is 0 Å². The first-order chi connectivity index (χ1) is 8.77. The first-order valence-corrected chi connectivity index (χ1v) is 7.11. The average Bonchev–Trinajstić information content (AvgIpc) is 2.79. The summed E-state index contributed by atoms with van der Waals surface area (Å²) in [5.41, 5.74) is 5.68. The maximum atomic E-state index is 5.88. The number of rotatable bonds is 10. The maximum absolute atomic E-state index is 5.88. The number of nitrogens with two attached hydrogens (primary N) is 1. The highest BCUT2D eigenvalue weighted by Crippen LogP contribution is 2.28. The molecule has 0 saturated carbocycles. The summed E-state index contributed by atoms with van der Waals surface area (Å²) in [5.74, 6) is 0. The van der Waals surface area contributed by atoms with Gasteiger partial charge in [-0.3, -0.25) is 0 Å². The lowest BCUT2D eigenvalue weighted by Gasteiger charge is -2.14. The number of halogens is 1. The summed E-state index contributed by atoms with van der Waals surface area (Å²) < 4.78 is 16.7. The van der Waals surface area contributed by atoms with Crippen LogP contribution in [-0.4, -0.2) is 40.1 Å². The van der Waals surface area contributed by atoms with Gasteiger partial charge < -0.3 is 19.9 Å². The SMILES string of the molecule is COCCCOCCOC(CN)c1ccc(Cl)s1. The molecular weight excluding hydrogens is 274 g/mol. The van der Waals surface area contributed by atoms with Gasteiger partial charge in [0.05, 0.1) is 17.6 Å². The summed E-state index contributed by atoms with van der Waals surface area (Å²) in [7, 11) is 1.68. The molecule has 0 radical (unpaired) electrons. The van der Waals surface area contributed by atoms with E-state index in [1.807, 2.05) is 12.1 Å². The van der Waals surface area contributed by atoms with Gasteiger partial charge in [0.2, 0.25) is 0 Å². The topological polar surface area (TPSA) is 53.7 Å². The quantitative estimate of drug-likeness (QED) is 0.673. The Morgan fingerprint density at radius 2 is 2.11 bits per heavy atom. The Labute approximate surface area is 117 Å². The van der Waals surface area contributed by atoms with Crippen LogP contribution in [0.2, 0.25) is 4.34 Å². The zero-order chi connectivity index (χ0) is 13.2. The van der Waals surface area contributed by atoms with E-state index in [0.717, 1.165) is 22.2 Å². The molecule has 0 aromatic carbocycles. The molecule has 0 aliphatic carbocycles. The molecule has 0 aliphatic rings. The number of hydrogen-bond donors (Lipinski definition) is 1. The second-order valence-corrected chi connectivity index (χ2v) is 5.44. The van der Waals surface area contributed by atoms with Crippen molar-refractivity contribution < 1.29 is 14.2 Å². The third-order valence-electron chi connectivity index (χ3n) is 2.31. The lowest BCUT2D eigenvalue weighted by molar-refractivity contribution is 0.00520. The zero-order valence-corrected chi connectivity index (χ0v) is 12.1. The van der Waals surface area contributed by atoms with E-state index in [1.54, 1.807) is 7.11 Å². The molecule has 1 rings (SSSR count). The highest BCUT2D eigenvalue weighted by molar-refractivity contribution is 7.16. The van der Waals surface area contributed by atoms with E-state index in [9.17, 15) is 0 Å². The molecule has 0 fully saturated rings. The molecule has 6 heteroatoms. The first kappa shape index (κ1) is 15.9. The predicted molar refractivity (Wildman–Crippen MR) is 74.4 cm³/mol. The van der Waals surface area contributed by atoms with Crippen LogP contribution in [0.4, 0.5) is 0 Å². The van der Waals surface area contributed by atoms with Crippen LogP contribution < -0.4 is 5.73 Å². The van der Waals surface area contributed by atoms with Crippen molar-refractivity contribution in [3.05, 3.63) is 21.3 Å². The van der Waals surface area contributed by atoms with Crippen LogP contribution in [0.15, 0.2) is 12.1 Å². The van der Waals surface area contributed by atoms with Gasteiger partial charge in [-0.1, -0.05) is 11.6 Å². The summed E-state index contributed by atoms with van der Waals surface area (Å²) in [6.07, 6.45) is 0.808. The van der Waals surface area contributed by atoms with E-state index in [0.29, 0.717) is 26.4 Å². The van der Waals surface area contributed by atoms with Gasteiger partial charge in [-0.25, -0.2) is 0 Å². The van der Waals surface area contributed by atoms with Crippen molar-refractivity contribution in [2.75, 3.05) is 40.1 Å². The minimum Gasteiger partial charge on any atom is -0.385 e. The Morgan fingerprint density at radius 3 is 2.72 bits per heavy atom. The fourth-order valence-electron chi connectivity index (χ4n) is 1.42. The van der Waals surface area contributed by atoms with Gasteiger partial charge in [0.25, 0.3) is 0 Å². The summed E-state index contributed by atoms with van der Waals surface area (Å²) >= 11 is 7.38. The van der Waals surface area contributed by atoms with Gasteiger partial charge in [0, 0.05) is 31.7 Å². The molecular formula is C12H20ClNO3S. The van der Waals surface area contributed by atoms with Gasteiger partial charge in [-0.05, 0) is 18.6 Å². The van der Waals surface area contributed by atoms with Crippen LogP contribution >= 0.6 is 22.9 Å². The summed E-state index contributed by atoms with van der Waals surface area (Å²) in [4.78, 5) is 1.06. The lowest BCUT2D eigenvalue weighted by Crippen LogP contribution is -2.17. The minimum absolute atomic E-state index is 0.0925. The highest BCUT2D eigenvalue weighted by atomic mass is 35.5. The van der Waals surface area contributed by atoms with Gasteiger partial charge >= 0.3 is 0 Å². The molecule has 18 heavy (non-hydrogen) atoms. The Bertz CT molecular complexity index is 322. The Kier molecular flexibility index (Phi) is 8.58. The Balaban J connectivity index is 2.13. The maximum Gasteiger partial charge on any atom is 0.104 e. The predicted octanol–water partition coefficient (Wildman–Crippen LogP) is 2.47. The molecule has 1 aromatic rings. The van der Waals surface area contributed by atoms with Crippen molar-refractivity contribution in [3.8, 4) is 0 Å². The van der Waals surface area contributed by atoms with Crippen LogP contribution in [0.1, 0.15) is 17.4 Å². The number of methoxy groups -OCH3 is 1. The summed E-state index contributed by atoms with van der Waals surface area (Å²) in [6.45, 7) is 2.96. The molecule has 1 atom stereocenters. The van der Waals surface area contributed by atoms with E-state index in [2.05, 4.69) is 0 Å². The third-order valence-corrected chi connectivity index (χ3v) is 3.63.